The number of carbonyl (C=O) groups excluding carboxylic acids is 1. The summed E-state index contributed by atoms with van der Waals surface area (Å²) in [5, 5.41) is 2.71. The van der Waals surface area contributed by atoms with E-state index in [1.807, 2.05) is 0 Å². The number of ether oxygens (including phenoxy) is 2. The van der Waals surface area contributed by atoms with Gasteiger partial charge in [0.1, 0.15) is 18.1 Å². The van der Waals surface area contributed by atoms with Crippen LogP contribution in [0.25, 0.3) is 0 Å². The van der Waals surface area contributed by atoms with Gasteiger partial charge in [-0.05, 0) is 61.9 Å². The fourth-order valence-electron chi connectivity index (χ4n) is 3.11. The Kier molecular flexibility index (Phi) is 5.83. The molecule has 154 valence electrons. The molecule has 1 amide bonds. The van der Waals surface area contributed by atoms with Crippen LogP contribution in [-0.2, 0) is 14.8 Å². The number of anilines is 2. The van der Waals surface area contributed by atoms with Gasteiger partial charge < -0.3 is 14.8 Å². The summed E-state index contributed by atoms with van der Waals surface area (Å²) < 4.78 is 36.6. The van der Waals surface area contributed by atoms with Gasteiger partial charge in [0.25, 0.3) is 0 Å². The molecule has 29 heavy (non-hydrogen) atoms. The van der Waals surface area contributed by atoms with Gasteiger partial charge in [0.05, 0.1) is 12.8 Å². The van der Waals surface area contributed by atoms with E-state index in [-0.39, 0.29) is 13.0 Å². The molecule has 7 nitrogen and oxygen atoms in total. The first kappa shape index (κ1) is 20.7. The lowest BCUT2D eigenvalue weighted by Crippen LogP contribution is -2.47. The summed E-state index contributed by atoms with van der Waals surface area (Å²) in [6, 6.07) is 13.5. The zero-order chi connectivity index (χ0) is 21.1. The van der Waals surface area contributed by atoms with E-state index in [2.05, 4.69) is 11.9 Å². The molecule has 1 atom stereocenters. The lowest BCUT2D eigenvalue weighted by atomic mass is 10.1. The van der Waals surface area contributed by atoms with Gasteiger partial charge in [-0.25, -0.2) is 8.42 Å². The molecule has 2 aromatic rings. The summed E-state index contributed by atoms with van der Waals surface area (Å²) in [5.41, 5.74) is 1.01. The molecule has 1 fully saturated rings. The number of benzene rings is 2. The Morgan fingerprint density at radius 2 is 1.79 bits per heavy atom. The molecule has 0 saturated carbocycles. The van der Waals surface area contributed by atoms with Crippen LogP contribution >= 0.6 is 0 Å². The minimum Gasteiger partial charge on any atom is -0.497 e. The lowest BCUT2D eigenvalue weighted by Gasteiger charge is -2.25. The van der Waals surface area contributed by atoms with Gasteiger partial charge in [-0.2, -0.15) is 0 Å². The molecule has 0 aliphatic carbocycles. The van der Waals surface area contributed by atoms with Gasteiger partial charge in [0.2, 0.25) is 15.9 Å². The van der Waals surface area contributed by atoms with Crippen molar-refractivity contribution in [3.63, 3.8) is 0 Å². The maximum atomic E-state index is 13.2. The van der Waals surface area contributed by atoms with Crippen molar-refractivity contribution >= 4 is 27.3 Å². The number of amides is 1. The second-order valence-corrected chi connectivity index (χ2v) is 9.13. The number of rotatable bonds is 7. The van der Waals surface area contributed by atoms with Crippen molar-refractivity contribution in [1.29, 1.82) is 0 Å². The second-order valence-electron chi connectivity index (χ2n) is 6.83. The summed E-state index contributed by atoms with van der Waals surface area (Å²) in [5.74, 6) is 0.702. The SMILES string of the molecule is C=CCOc1ccc(NC(=O)C2(C)CCN(c3ccc(OC)cc3)S2(=O)=O)cc1. The summed E-state index contributed by atoms with van der Waals surface area (Å²) >= 11 is 0. The highest BCUT2D eigenvalue weighted by atomic mass is 32.2. The third-order valence-electron chi connectivity index (χ3n) is 4.97. The Hall–Kier alpha value is -3.00. The van der Waals surface area contributed by atoms with Crippen molar-refractivity contribution in [2.75, 3.05) is 29.9 Å². The first-order valence-electron chi connectivity index (χ1n) is 9.13. The Bertz CT molecular complexity index is 987. The van der Waals surface area contributed by atoms with Crippen LogP contribution in [0.4, 0.5) is 11.4 Å². The number of carbonyl (C=O) groups is 1. The number of hydrogen-bond acceptors (Lipinski definition) is 5. The molecule has 0 radical (unpaired) electrons. The molecule has 1 saturated heterocycles. The predicted octanol–water partition coefficient (Wildman–Crippen LogP) is 3.20. The molecule has 0 bridgehead atoms. The molecule has 0 spiro atoms. The standard InChI is InChI=1S/C21H24N2O5S/c1-4-15-28-19-9-5-16(6-10-19)22-20(24)21(2)13-14-23(29(21,25)26)17-7-11-18(27-3)12-8-17/h4-12H,1,13-15H2,2-3H3,(H,22,24). The normalized spacial score (nSPS) is 20.1. The Morgan fingerprint density at radius 3 is 2.38 bits per heavy atom. The van der Waals surface area contributed by atoms with E-state index in [0.717, 1.165) is 0 Å². The largest absolute Gasteiger partial charge is 0.497 e. The van der Waals surface area contributed by atoms with Crippen LogP contribution in [0, 0.1) is 0 Å². The molecule has 1 aliphatic heterocycles. The summed E-state index contributed by atoms with van der Waals surface area (Å²) in [6.07, 6.45) is 1.82. The molecule has 0 aromatic heterocycles. The Balaban J connectivity index is 1.76. The van der Waals surface area contributed by atoms with E-state index in [1.54, 1.807) is 61.7 Å². The minimum absolute atomic E-state index is 0.188. The first-order chi connectivity index (χ1) is 13.8. The molecular weight excluding hydrogens is 392 g/mol. The molecule has 1 N–H and O–H groups in total. The van der Waals surface area contributed by atoms with E-state index < -0.39 is 20.7 Å². The van der Waals surface area contributed by atoms with E-state index >= 15 is 0 Å². The van der Waals surface area contributed by atoms with Crippen molar-refractivity contribution in [2.45, 2.75) is 18.1 Å². The van der Waals surface area contributed by atoms with E-state index in [0.29, 0.717) is 29.5 Å². The summed E-state index contributed by atoms with van der Waals surface area (Å²) in [4.78, 5) is 12.9. The summed E-state index contributed by atoms with van der Waals surface area (Å²) in [7, 11) is -2.35. The van der Waals surface area contributed by atoms with Gasteiger partial charge in [-0.15, -0.1) is 0 Å². The highest BCUT2D eigenvalue weighted by Gasteiger charge is 2.54. The summed E-state index contributed by atoms with van der Waals surface area (Å²) in [6.45, 7) is 5.65. The van der Waals surface area contributed by atoms with E-state index in [9.17, 15) is 13.2 Å². The maximum Gasteiger partial charge on any atom is 0.249 e. The molecule has 1 heterocycles. The zero-order valence-corrected chi connectivity index (χ0v) is 17.2. The van der Waals surface area contributed by atoms with Crippen LogP contribution in [0.1, 0.15) is 13.3 Å². The quantitative estimate of drug-likeness (QED) is 0.701. The number of hydrogen-bond donors (Lipinski definition) is 1. The molecule has 2 aromatic carbocycles. The minimum atomic E-state index is -3.89. The van der Waals surface area contributed by atoms with Gasteiger partial charge >= 0.3 is 0 Å². The molecule has 1 aliphatic rings. The van der Waals surface area contributed by atoms with Crippen molar-refractivity contribution in [3.8, 4) is 11.5 Å². The molecule has 3 rings (SSSR count). The average Bonchev–Trinajstić information content (AvgIpc) is 2.97. The van der Waals surface area contributed by atoms with Gasteiger partial charge in [0.15, 0.2) is 4.75 Å². The zero-order valence-electron chi connectivity index (χ0n) is 16.4. The van der Waals surface area contributed by atoms with Crippen LogP contribution in [-0.4, -0.2) is 39.3 Å². The van der Waals surface area contributed by atoms with Crippen LogP contribution in [0.5, 0.6) is 11.5 Å². The van der Waals surface area contributed by atoms with Crippen molar-refractivity contribution < 1.29 is 22.7 Å². The van der Waals surface area contributed by atoms with Crippen LogP contribution in [0.3, 0.4) is 0 Å². The van der Waals surface area contributed by atoms with Crippen molar-refractivity contribution in [1.82, 2.24) is 0 Å². The fourth-order valence-corrected chi connectivity index (χ4v) is 4.96. The lowest BCUT2D eigenvalue weighted by molar-refractivity contribution is -0.118. The highest BCUT2D eigenvalue weighted by molar-refractivity contribution is 7.95. The van der Waals surface area contributed by atoms with Gasteiger partial charge in [0, 0.05) is 12.2 Å². The van der Waals surface area contributed by atoms with Crippen molar-refractivity contribution in [3.05, 3.63) is 61.2 Å². The van der Waals surface area contributed by atoms with E-state index in [1.165, 1.54) is 11.2 Å². The van der Waals surface area contributed by atoms with Crippen LogP contribution in [0.2, 0.25) is 0 Å². The van der Waals surface area contributed by atoms with Crippen LogP contribution in [0.15, 0.2) is 61.2 Å². The third kappa shape index (κ3) is 3.93. The number of methoxy groups -OCH3 is 1. The monoisotopic (exact) mass is 416 g/mol. The van der Waals surface area contributed by atoms with Gasteiger partial charge in [-0.1, -0.05) is 12.7 Å². The molecule has 8 heteroatoms. The predicted molar refractivity (Wildman–Crippen MR) is 113 cm³/mol. The average molecular weight is 416 g/mol. The highest BCUT2D eigenvalue weighted by Crippen LogP contribution is 2.38. The smallest absolute Gasteiger partial charge is 0.249 e. The third-order valence-corrected chi connectivity index (χ3v) is 7.47. The Morgan fingerprint density at radius 1 is 1.17 bits per heavy atom. The molecule has 1 unspecified atom stereocenters. The number of nitrogens with one attached hydrogen (secondary N) is 1. The van der Waals surface area contributed by atoms with E-state index in [4.69, 9.17) is 9.47 Å². The number of sulfonamides is 1. The second kappa shape index (κ2) is 8.16. The molecular formula is C21H24N2O5S. The first-order valence-corrected chi connectivity index (χ1v) is 10.6. The topological polar surface area (TPSA) is 84.9 Å². The number of nitrogens with zero attached hydrogens (tertiary/aromatic N) is 1. The van der Waals surface area contributed by atoms with Crippen molar-refractivity contribution in [2.24, 2.45) is 0 Å². The van der Waals surface area contributed by atoms with Crippen LogP contribution < -0.4 is 19.1 Å². The maximum absolute atomic E-state index is 13.2. The van der Waals surface area contributed by atoms with Gasteiger partial charge in [-0.3, -0.25) is 9.10 Å². The Labute approximate surface area is 171 Å². The fraction of sp³-hybridized carbons (Fsp3) is 0.286.